The highest BCUT2D eigenvalue weighted by Gasteiger charge is 2.11. The number of aromatic nitrogens is 2. The van der Waals surface area contributed by atoms with Crippen LogP contribution < -0.4 is 4.74 Å². The molecule has 0 fully saturated rings. The van der Waals surface area contributed by atoms with Gasteiger partial charge in [0.05, 0.1) is 12.8 Å². The van der Waals surface area contributed by atoms with Gasteiger partial charge in [-0.2, -0.15) is 0 Å². The van der Waals surface area contributed by atoms with Crippen LogP contribution in [0, 0.1) is 0 Å². The molecule has 18 heavy (non-hydrogen) atoms. The number of benzene rings is 1. The summed E-state index contributed by atoms with van der Waals surface area (Å²) < 4.78 is 4.91. The van der Waals surface area contributed by atoms with E-state index >= 15 is 0 Å². The van der Waals surface area contributed by atoms with Gasteiger partial charge in [0.15, 0.2) is 0 Å². The van der Waals surface area contributed by atoms with Gasteiger partial charge in [0.1, 0.15) is 6.10 Å². The number of aliphatic hydroxyl groups is 1. The zero-order valence-electron chi connectivity index (χ0n) is 9.88. The Morgan fingerprint density at radius 1 is 1.17 bits per heavy atom. The van der Waals surface area contributed by atoms with Gasteiger partial charge in [-0.25, -0.2) is 0 Å². The molecule has 0 spiro atoms. The fourth-order valence-electron chi connectivity index (χ4n) is 1.57. The lowest BCUT2D eigenvalue weighted by molar-refractivity contribution is 0.172. The van der Waals surface area contributed by atoms with Gasteiger partial charge in [-0.05, 0) is 23.8 Å². The van der Waals surface area contributed by atoms with Crippen molar-refractivity contribution in [2.24, 2.45) is 0 Å². The highest BCUT2D eigenvalue weighted by Crippen LogP contribution is 2.18. The van der Waals surface area contributed by atoms with E-state index in [1.165, 1.54) is 7.11 Å². The molecule has 0 saturated heterocycles. The molecule has 1 N–H and O–H groups in total. The van der Waals surface area contributed by atoms with Gasteiger partial charge >= 0.3 is 0 Å². The van der Waals surface area contributed by atoms with E-state index < -0.39 is 6.10 Å². The molecule has 1 aromatic carbocycles. The number of halogens is 1. The minimum atomic E-state index is -0.690. The lowest BCUT2D eigenvalue weighted by Gasteiger charge is -2.09. The van der Waals surface area contributed by atoms with Crippen molar-refractivity contribution < 1.29 is 9.84 Å². The Balaban J connectivity index is 2.06. The van der Waals surface area contributed by atoms with Crippen LogP contribution in [-0.2, 0) is 6.42 Å². The fourth-order valence-corrected chi connectivity index (χ4v) is 1.69. The number of hydrogen-bond donors (Lipinski definition) is 1. The van der Waals surface area contributed by atoms with Crippen molar-refractivity contribution in [3.63, 3.8) is 0 Å². The quantitative estimate of drug-likeness (QED) is 0.921. The van der Waals surface area contributed by atoms with Crippen LogP contribution in [-0.4, -0.2) is 22.4 Å². The van der Waals surface area contributed by atoms with E-state index in [9.17, 15) is 5.11 Å². The number of ether oxygens (including phenoxy) is 1. The summed E-state index contributed by atoms with van der Waals surface area (Å²) in [5.74, 6) is 0.428. The van der Waals surface area contributed by atoms with E-state index in [-0.39, 0.29) is 0 Å². The van der Waals surface area contributed by atoms with E-state index in [0.29, 0.717) is 23.0 Å². The second-order valence-electron chi connectivity index (χ2n) is 3.85. The van der Waals surface area contributed by atoms with Crippen LogP contribution in [0.15, 0.2) is 36.4 Å². The molecule has 0 radical (unpaired) electrons. The summed E-state index contributed by atoms with van der Waals surface area (Å²) in [6.45, 7) is 0. The van der Waals surface area contributed by atoms with E-state index in [0.717, 1.165) is 5.56 Å². The van der Waals surface area contributed by atoms with Gasteiger partial charge in [-0.1, -0.05) is 23.7 Å². The first-order valence-corrected chi connectivity index (χ1v) is 5.87. The summed E-state index contributed by atoms with van der Waals surface area (Å²) in [5.41, 5.74) is 1.51. The summed E-state index contributed by atoms with van der Waals surface area (Å²) in [4.78, 5) is 0. The Labute approximate surface area is 110 Å². The molecular formula is C13H13ClN2O2. The fraction of sp³-hybridized carbons (Fsp3) is 0.231. The van der Waals surface area contributed by atoms with E-state index in [1.54, 1.807) is 24.3 Å². The molecule has 0 saturated carbocycles. The van der Waals surface area contributed by atoms with Crippen molar-refractivity contribution in [2.45, 2.75) is 12.5 Å². The average Bonchev–Trinajstić information content (AvgIpc) is 2.41. The average molecular weight is 265 g/mol. The Morgan fingerprint density at radius 2 is 1.89 bits per heavy atom. The second kappa shape index (κ2) is 5.80. The second-order valence-corrected chi connectivity index (χ2v) is 4.28. The van der Waals surface area contributed by atoms with Gasteiger partial charge < -0.3 is 9.84 Å². The molecule has 94 valence electrons. The van der Waals surface area contributed by atoms with Gasteiger partial charge in [0.25, 0.3) is 0 Å². The SMILES string of the molecule is COc1ccc(C(O)Cc2ccc(Cl)cc2)nn1. The van der Waals surface area contributed by atoms with E-state index in [1.807, 2.05) is 12.1 Å². The Hall–Kier alpha value is -1.65. The van der Waals surface area contributed by atoms with Crippen LogP contribution in [0.25, 0.3) is 0 Å². The molecule has 0 aliphatic heterocycles. The third-order valence-corrected chi connectivity index (χ3v) is 2.81. The molecular weight excluding hydrogens is 252 g/mol. The molecule has 0 bridgehead atoms. The lowest BCUT2D eigenvalue weighted by Crippen LogP contribution is -2.05. The first kappa shape index (κ1) is 12.8. The minimum absolute atomic E-state index is 0.428. The van der Waals surface area contributed by atoms with Crippen LogP contribution in [0.4, 0.5) is 0 Å². The predicted octanol–water partition coefficient (Wildman–Crippen LogP) is 2.41. The van der Waals surface area contributed by atoms with Gasteiger partial charge in [-0.15, -0.1) is 10.2 Å². The monoisotopic (exact) mass is 264 g/mol. The Kier molecular flexibility index (Phi) is 4.12. The highest BCUT2D eigenvalue weighted by molar-refractivity contribution is 6.30. The van der Waals surface area contributed by atoms with Crippen molar-refractivity contribution >= 4 is 11.6 Å². The van der Waals surface area contributed by atoms with Crippen LogP contribution >= 0.6 is 11.6 Å². The molecule has 0 aliphatic carbocycles. The molecule has 1 unspecified atom stereocenters. The molecule has 1 aromatic heterocycles. The molecule has 1 atom stereocenters. The van der Waals surface area contributed by atoms with Crippen molar-refractivity contribution in [2.75, 3.05) is 7.11 Å². The van der Waals surface area contributed by atoms with Crippen molar-refractivity contribution in [3.8, 4) is 5.88 Å². The summed E-state index contributed by atoms with van der Waals surface area (Å²) in [5, 5.41) is 18.4. The van der Waals surface area contributed by atoms with Gasteiger partial charge in [0, 0.05) is 17.5 Å². The van der Waals surface area contributed by atoms with Gasteiger partial charge in [0.2, 0.25) is 5.88 Å². The van der Waals surface area contributed by atoms with Gasteiger partial charge in [-0.3, -0.25) is 0 Å². The first-order valence-electron chi connectivity index (χ1n) is 5.49. The summed E-state index contributed by atoms with van der Waals surface area (Å²) >= 11 is 5.80. The largest absolute Gasteiger partial charge is 0.480 e. The normalized spacial score (nSPS) is 12.2. The summed E-state index contributed by atoms with van der Waals surface area (Å²) in [7, 11) is 1.52. The number of methoxy groups -OCH3 is 1. The molecule has 1 heterocycles. The Morgan fingerprint density at radius 3 is 2.44 bits per heavy atom. The third kappa shape index (κ3) is 3.18. The van der Waals surface area contributed by atoms with Crippen molar-refractivity contribution in [1.29, 1.82) is 0 Å². The standard InChI is InChI=1S/C13H13ClN2O2/c1-18-13-7-6-11(15-16-13)12(17)8-9-2-4-10(14)5-3-9/h2-7,12,17H,8H2,1H3. The molecule has 2 rings (SSSR count). The maximum absolute atomic E-state index is 10.0. The number of rotatable bonds is 4. The molecule has 0 aliphatic rings. The summed E-state index contributed by atoms with van der Waals surface area (Å²) in [6.07, 6.45) is -0.220. The maximum Gasteiger partial charge on any atom is 0.233 e. The van der Waals surface area contributed by atoms with Crippen LogP contribution in [0.5, 0.6) is 5.88 Å². The third-order valence-electron chi connectivity index (χ3n) is 2.55. The van der Waals surface area contributed by atoms with E-state index in [2.05, 4.69) is 10.2 Å². The predicted molar refractivity (Wildman–Crippen MR) is 68.7 cm³/mol. The number of hydrogen-bond acceptors (Lipinski definition) is 4. The molecule has 5 heteroatoms. The smallest absolute Gasteiger partial charge is 0.233 e. The van der Waals surface area contributed by atoms with Crippen LogP contribution in [0.3, 0.4) is 0 Å². The zero-order chi connectivity index (χ0) is 13.0. The zero-order valence-corrected chi connectivity index (χ0v) is 10.6. The topological polar surface area (TPSA) is 55.2 Å². The summed E-state index contributed by atoms with van der Waals surface area (Å²) in [6, 6.07) is 10.7. The maximum atomic E-state index is 10.0. The van der Waals surface area contributed by atoms with E-state index in [4.69, 9.17) is 16.3 Å². The highest BCUT2D eigenvalue weighted by atomic mass is 35.5. The molecule has 4 nitrogen and oxygen atoms in total. The first-order chi connectivity index (χ1) is 8.69. The number of nitrogens with zero attached hydrogens (tertiary/aromatic N) is 2. The Bertz CT molecular complexity index is 499. The van der Waals surface area contributed by atoms with Crippen LogP contribution in [0.2, 0.25) is 5.02 Å². The van der Waals surface area contributed by atoms with Crippen molar-refractivity contribution in [3.05, 3.63) is 52.7 Å². The van der Waals surface area contributed by atoms with Crippen LogP contribution in [0.1, 0.15) is 17.4 Å². The minimum Gasteiger partial charge on any atom is -0.480 e. The molecule has 2 aromatic rings. The van der Waals surface area contributed by atoms with Crippen molar-refractivity contribution in [1.82, 2.24) is 10.2 Å². The number of aliphatic hydroxyl groups excluding tert-OH is 1. The lowest BCUT2D eigenvalue weighted by atomic mass is 10.1. The molecule has 0 amide bonds.